The van der Waals surface area contributed by atoms with Crippen molar-refractivity contribution in [2.24, 2.45) is 0 Å². The maximum atomic E-state index is 13.4. The van der Waals surface area contributed by atoms with Gasteiger partial charge in [0, 0.05) is 12.0 Å². The van der Waals surface area contributed by atoms with Crippen LogP contribution in [0.4, 0.5) is 8.78 Å². The number of hydrogen-bond donors (Lipinski definition) is 0. The molecule has 0 unspecified atom stereocenters. The zero-order chi connectivity index (χ0) is 14.0. The van der Waals surface area contributed by atoms with Gasteiger partial charge in [-0.1, -0.05) is 24.3 Å². The number of ketones is 1. The fraction of sp³-hybridized carbons (Fsp3) is 0.188. The third-order valence-electron chi connectivity index (χ3n) is 3.09. The second-order valence-electron chi connectivity index (χ2n) is 4.65. The van der Waals surface area contributed by atoms with Crippen LogP contribution in [-0.2, 0) is 6.42 Å². The molecule has 2 rings (SSSR count). The highest BCUT2D eigenvalue weighted by molar-refractivity contribution is 5.97. The second kappa shape index (κ2) is 5.31. The van der Waals surface area contributed by atoms with Gasteiger partial charge in [0.2, 0.25) is 0 Å². The molecule has 0 spiro atoms. The molecular weight excluding hydrogens is 246 g/mol. The maximum absolute atomic E-state index is 13.4. The molecule has 0 bridgehead atoms. The minimum atomic E-state index is -0.402. The first-order valence-electron chi connectivity index (χ1n) is 6.02. The average molecular weight is 260 g/mol. The van der Waals surface area contributed by atoms with Crippen molar-refractivity contribution in [1.82, 2.24) is 0 Å². The fourth-order valence-corrected chi connectivity index (χ4v) is 1.80. The number of aryl methyl sites for hydroxylation is 2. The van der Waals surface area contributed by atoms with Crippen molar-refractivity contribution in [2.45, 2.75) is 20.3 Å². The number of carbonyl (C=O) groups excluding carboxylic acids is 1. The van der Waals surface area contributed by atoms with Crippen LogP contribution in [0.3, 0.4) is 0 Å². The highest BCUT2D eigenvalue weighted by Crippen LogP contribution is 2.14. The van der Waals surface area contributed by atoms with Crippen molar-refractivity contribution in [2.75, 3.05) is 0 Å². The molecular formula is C16H14F2O. The first kappa shape index (κ1) is 13.4. The normalized spacial score (nSPS) is 10.5. The standard InChI is InChI=1S/C16H14F2O/c1-10-3-5-12(7-14(10)17)8-16(19)13-6-4-11(2)15(18)9-13/h3-7,9H,8H2,1-2H3. The van der Waals surface area contributed by atoms with Crippen molar-refractivity contribution < 1.29 is 13.6 Å². The summed E-state index contributed by atoms with van der Waals surface area (Å²) < 4.78 is 26.8. The SMILES string of the molecule is Cc1ccc(CC(=O)c2ccc(C)c(F)c2)cc1F. The van der Waals surface area contributed by atoms with Gasteiger partial charge in [0.1, 0.15) is 11.6 Å². The molecule has 2 aromatic carbocycles. The summed E-state index contributed by atoms with van der Waals surface area (Å²) >= 11 is 0. The lowest BCUT2D eigenvalue weighted by molar-refractivity contribution is 0.0992. The van der Waals surface area contributed by atoms with E-state index in [0.29, 0.717) is 22.3 Å². The highest BCUT2D eigenvalue weighted by Gasteiger charge is 2.10. The molecule has 0 aliphatic rings. The molecule has 0 radical (unpaired) electrons. The van der Waals surface area contributed by atoms with Crippen molar-refractivity contribution in [3.8, 4) is 0 Å². The van der Waals surface area contributed by atoms with Crippen LogP contribution in [-0.4, -0.2) is 5.78 Å². The molecule has 0 aromatic heterocycles. The van der Waals surface area contributed by atoms with E-state index in [4.69, 9.17) is 0 Å². The summed E-state index contributed by atoms with van der Waals surface area (Å²) in [7, 11) is 0. The van der Waals surface area contributed by atoms with Crippen molar-refractivity contribution in [1.29, 1.82) is 0 Å². The summed E-state index contributed by atoms with van der Waals surface area (Å²) in [4.78, 5) is 12.0. The van der Waals surface area contributed by atoms with E-state index in [2.05, 4.69) is 0 Å². The summed E-state index contributed by atoms with van der Waals surface area (Å²) in [5, 5.41) is 0. The maximum Gasteiger partial charge on any atom is 0.167 e. The fourth-order valence-electron chi connectivity index (χ4n) is 1.80. The Bertz CT molecular complexity index is 633. The van der Waals surface area contributed by atoms with Gasteiger partial charge in [0.05, 0.1) is 0 Å². The molecule has 1 nitrogen and oxygen atoms in total. The lowest BCUT2D eigenvalue weighted by Crippen LogP contribution is -2.05. The van der Waals surface area contributed by atoms with E-state index in [1.54, 1.807) is 38.1 Å². The third-order valence-corrected chi connectivity index (χ3v) is 3.09. The summed E-state index contributed by atoms with van der Waals surface area (Å²) in [6.45, 7) is 3.30. The minimum absolute atomic E-state index is 0.0691. The van der Waals surface area contributed by atoms with E-state index in [1.807, 2.05) is 0 Å². The summed E-state index contributed by atoms with van der Waals surface area (Å²) in [6, 6.07) is 9.07. The van der Waals surface area contributed by atoms with Crippen LogP contribution in [0.2, 0.25) is 0 Å². The predicted molar refractivity (Wildman–Crippen MR) is 70.3 cm³/mol. The molecule has 3 heteroatoms. The minimum Gasteiger partial charge on any atom is -0.294 e. The molecule has 0 amide bonds. The van der Waals surface area contributed by atoms with Gasteiger partial charge in [-0.25, -0.2) is 8.78 Å². The van der Waals surface area contributed by atoms with Gasteiger partial charge >= 0.3 is 0 Å². The Morgan fingerprint density at radius 3 is 2.11 bits per heavy atom. The molecule has 0 aliphatic carbocycles. The average Bonchev–Trinajstić information content (AvgIpc) is 2.37. The van der Waals surface area contributed by atoms with E-state index in [9.17, 15) is 13.6 Å². The Morgan fingerprint density at radius 1 is 0.947 bits per heavy atom. The van der Waals surface area contributed by atoms with Crippen molar-refractivity contribution in [3.05, 3.63) is 70.3 Å². The Labute approximate surface area is 110 Å². The first-order valence-corrected chi connectivity index (χ1v) is 6.02. The summed E-state index contributed by atoms with van der Waals surface area (Å²) in [5.41, 5.74) is 1.94. The monoisotopic (exact) mass is 260 g/mol. The molecule has 98 valence electrons. The number of hydrogen-bond acceptors (Lipinski definition) is 1. The quantitative estimate of drug-likeness (QED) is 0.762. The van der Waals surface area contributed by atoms with Crippen LogP contribution in [0.1, 0.15) is 27.0 Å². The van der Waals surface area contributed by atoms with E-state index in [1.165, 1.54) is 12.1 Å². The molecule has 2 aromatic rings. The smallest absolute Gasteiger partial charge is 0.167 e. The lowest BCUT2D eigenvalue weighted by atomic mass is 10.0. The van der Waals surface area contributed by atoms with E-state index < -0.39 is 5.82 Å². The Morgan fingerprint density at radius 2 is 1.53 bits per heavy atom. The van der Waals surface area contributed by atoms with Crippen LogP contribution in [0.5, 0.6) is 0 Å². The molecule has 0 atom stereocenters. The van der Waals surface area contributed by atoms with Crippen molar-refractivity contribution >= 4 is 5.78 Å². The molecule has 0 fully saturated rings. The van der Waals surface area contributed by atoms with Crippen LogP contribution in [0, 0.1) is 25.5 Å². The van der Waals surface area contributed by atoms with E-state index in [-0.39, 0.29) is 18.0 Å². The largest absolute Gasteiger partial charge is 0.294 e. The molecule has 0 heterocycles. The Hall–Kier alpha value is -2.03. The van der Waals surface area contributed by atoms with Crippen LogP contribution < -0.4 is 0 Å². The topological polar surface area (TPSA) is 17.1 Å². The molecule has 0 aliphatic heterocycles. The van der Waals surface area contributed by atoms with Crippen molar-refractivity contribution in [3.63, 3.8) is 0 Å². The molecule has 0 N–H and O–H groups in total. The zero-order valence-corrected chi connectivity index (χ0v) is 10.8. The highest BCUT2D eigenvalue weighted by atomic mass is 19.1. The van der Waals surface area contributed by atoms with E-state index >= 15 is 0 Å². The number of halogens is 2. The van der Waals surface area contributed by atoms with Crippen LogP contribution >= 0.6 is 0 Å². The van der Waals surface area contributed by atoms with Gasteiger partial charge in [0.25, 0.3) is 0 Å². The van der Waals surface area contributed by atoms with Crippen LogP contribution in [0.15, 0.2) is 36.4 Å². The second-order valence-corrected chi connectivity index (χ2v) is 4.65. The third kappa shape index (κ3) is 3.05. The molecule has 0 saturated carbocycles. The molecule has 0 saturated heterocycles. The zero-order valence-electron chi connectivity index (χ0n) is 10.8. The van der Waals surface area contributed by atoms with Gasteiger partial charge in [-0.3, -0.25) is 4.79 Å². The van der Waals surface area contributed by atoms with Gasteiger partial charge in [0.15, 0.2) is 5.78 Å². The number of rotatable bonds is 3. The number of carbonyl (C=O) groups is 1. The summed E-state index contributed by atoms with van der Waals surface area (Å²) in [6.07, 6.45) is 0.0691. The Balaban J connectivity index is 2.20. The summed E-state index contributed by atoms with van der Waals surface area (Å²) in [5.74, 6) is -0.955. The number of Topliss-reactive ketones (excluding diaryl/α,β-unsaturated/α-hetero) is 1. The van der Waals surface area contributed by atoms with E-state index in [0.717, 1.165) is 0 Å². The van der Waals surface area contributed by atoms with Gasteiger partial charge < -0.3 is 0 Å². The number of benzene rings is 2. The predicted octanol–water partition coefficient (Wildman–Crippen LogP) is 4.01. The van der Waals surface area contributed by atoms with Gasteiger partial charge in [-0.2, -0.15) is 0 Å². The Kier molecular flexibility index (Phi) is 3.74. The van der Waals surface area contributed by atoms with Gasteiger partial charge in [-0.15, -0.1) is 0 Å². The molecule has 19 heavy (non-hydrogen) atoms. The lowest BCUT2D eigenvalue weighted by Gasteiger charge is -2.04. The van der Waals surface area contributed by atoms with Crippen LogP contribution in [0.25, 0.3) is 0 Å². The first-order chi connectivity index (χ1) is 8.97. The van der Waals surface area contributed by atoms with Gasteiger partial charge in [-0.05, 0) is 42.7 Å².